The third kappa shape index (κ3) is 3.05. The summed E-state index contributed by atoms with van der Waals surface area (Å²) in [6, 6.07) is 1.52. The number of aryl methyl sites for hydroxylation is 2. The van der Waals surface area contributed by atoms with E-state index in [-0.39, 0.29) is 12.0 Å². The van der Waals surface area contributed by atoms with Crippen molar-refractivity contribution in [3.05, 3.63) is 33.7 Å². The Balaban J connectivity index is 2.59. The molecular weight excluding hydrogens is 182 g/mol. The van der Waals surface area contributed by atoms with Gasteiger partial charge in [-0.1, -0.05) is 0 Å². The second-order valence-electron chi connectivity index (χ2n) is 3.25. The Morgan fingerprint density at radius 2 is 2.29 bits per heavy atom. The average Bonchev–Trinajstić information content (AvgIpc) is 2.08. The van der Waals surface area contributed by atoms with Crippen molar-refractivity contribution in [1.82, 2.24) is 4.98 Å². The van der Waals surface area contributed by atoms with E-state index in [1.807, 2.05) is 6.92 Å². The number of carboxylic acids is 1. The van der Waals surface area contributed by atoms with Crippen LogP contribution in [-0.2, 0) is 11.2 Å². The molecule has 0 atom stereocenters. The number of rotatable bonds is 4. The van der Waals surface area contributed by atoms with E-state index in [1.165, 1.54) is 6.07 Å². The maximum Gasteiger partial charge on any atom is 0.303 e. The number of H-pyrrole nitrogens is 1. The topological polar surface area (TPSA) is 70.2 Å². The number of carboxylic acid groups (broad SMARTS) is 1. The van der Waals surface area contributed by atoms with Gasteiger partial charge in [0, 0.05) is 18.7 Å². The number of aromatic amines is 1. The lowest BCUT2D eigenvalue weighted by atomic mass is 10.1. The average molecular weight is 195 g/mol. The number of nitrogens with one attached hydrogen (secondary N) is 1. The summed E-state index contributed by atoms with van der Waals surface area (Å²) in [6.07, 6.45) is 3.11. The molecule has 0 saturated carbocycles. The Morgan fingerprint density at radius 3 is 2.86 bits per heavy atom. The molecule has 0 radical (unpaired) electrons. The van der Waals surface area contributed by atoms with Crippen LogP contribution in [0.3, 0.4) is 0 Å². The molecule has 0 aliphatic heterocycles. The molecule has 4 heteroatoms. The molecule has 0 aromatic carbocycles. The summed E-state index contributed by atoms with van der Waals surface area (Å²) in [4.78, 5) is 23.7. The first-order valence-electron chi connectivity index (χ1n) is 4.49. The zero-order valence-corrected chi connectivity index (χ0v) is 8.04. The van der Waals surface area contributed by atoms with E-state index in [2.05, 4.69) is 4.98 Å². The smallest absolute Gasteiger partial charge is 0.303 e. The zero-order chi connectivity index (χ0) is 10.6. The number of hydrogen-bond acceptors (Lipinski definition) is 2. The van der Waals surface area contributed by atoms with Crippen molar-refractivity contribution < 1.29 is 9.90 Å². The molecule has 4 nitrogen and oxygen atoms in total. The fraction of sp³-hybridized carbons (Fsp3) is 0.400. The summed E-state index contributed by atoms with van der Waals surface area (Å²) < 4.78 is 0. The predicted octanol–water partition coefficient (Wildman–Crippen LogP) is 1.09. The normalized spacial score (nSPS) is 10.1. The number of pyridine rings is 1. The van der Waals surface area contributed by atoms with Crippen molar-refractivity contribution >= 4 is 5.97 Å². The van der Waals surface area contributed by atoms with Gasteiger partial charge < -0.3 is 10.1 Å². The first-order valence-corrected chi connectivity index (χ1v) is 4.49. The molecule has 14 heavy (non-hydrogen) atoms. The van der Waals surface area contributed by atoms with Gasteiger partial charge in [0.25, 0.3) is 0 Å². The highest BCUT2D eigenvalue weighted by Crippen LogP contribution is 2.07. The molecule has 0 fully saturated rings. The van der Waals surface area contributed by atoms with Gasteiger partial charge >= 0.3 is 5.97 Å². The summed E-state index contributed by atoms with van der Waals surface area (Å²) in [6.45, 7) is 1.85. The maximum absolute atomic E-state index is 10.9. The third-order valence-corrected chi connectivity index (χ3v) is 2.08. The fourth-order valence-corrected chi connectivity index (χ4v) is 1.30. The van der Waals surface area contributed by atoms with E-state index in [4.69, 9.17) is 5.11 Å². The minimum atomic E-state index is -0.785. The van der Waals surface area contributed by atoms with Crippen LogP contribution in [0.25, 0.3) is 0 Å². The molecule has 0 aliphatic rings. The van der Waals surface area contributed by atoms with Crippen LogP contribution in [0, 0.1) is 6.92 Å². The lowest BCUT2D eigenvalue weighted by Gasteiger charge is -2.02. The van der Waals surface area contributed by atoms with E-state index in [0.717, 1.165) is 11.1 Å². The second-order valence-corrected chi connectivity index (χ2v) is 3.25. The summed E-state index contributed by atoms with van der Waals surface area (Å²) in [5.74, 6) is -0.785. The molecule has 76 valence electrons. The first-order chi connectivity index (χ1) is 6.59. The molecule has 0 amide bonds. The Labute approximate surface area is 81.6 Å². The Bertz CT molecular complexity index is 381. The van der Waals surface area contributed by atoms with Crippen LogP contribution in [-0.4, -0.2) is 16.1 Å². The van der Waals surface area contributed by atoms with E-state index >= 15 is 0 Å². The SMILES string of the molecule is Cc1cc(=O)[nH]cc1CCCC(=O)O. The van der Waals surface area contributed by atoms with E-state index in [9.17, 15) is 9.59 Å². The zero-order valence-electron chi connectivity index (χ0n) is 8.04. The Hall–Kier alpha value is -1.58. The molecule has 1 heterocycles. The van der Waals surface area contributed by atoms with Crippen LogP contribution in [0.2, 0.25) is 0 Å². The van der Waals surface area contributed by atoms with Crippen LogP contribution in [0.15, 0.2) is 17.1 Å². The van der Waals surface area contributed by atoms with Gasteiger partial charge in [-0.25, -0.2) is 0 Å². The molecule has 1 rings (SSSR count). The minimum absolute atomic E-state index is 0.121. The van der Waals surface area contributed by atoms with Crippen LogP contribution in [0.5, 0.6) is 0 Å². The number of aromatic nitrogens is 1. The third-order valence-electron chi connectivity index (χ3n) is 2.08. The molecule has 1 aromatic rings. The predicted molar refractivity (Wildman–Crippen MR) is 52.4 cm³/mol. The van der Waals surface area contributed by atoms with Gasteiger partial charge in [0.05, 0.1) is 0 Å². The Morgan fingerprint density at radius 1 is 1.57 bits per heavy atom. The van der Waals surface area contributed by atoms with Crippen molar-refractivity contribution in [3.8, 4) is 0 Å². The maximum atomic E-state index is 10.9. The number of aliphatic carboxylic acids is 1. The highest BCUT2D eigenvalue weighted by atomic mass is 16.4. The molecular formula is C10H13NO3. The lowest BCUT2D eigenvalue weighted by molar-refractivity contribution is -0.137. The lowest BCUT2D eigenvalue weighted by Crippen LogP contribution is -2.06. The molecule has 0 unspecified atom stereocenters. The molecule has 0 bridgehead atoms. The van der Waals surface area contributed by atoms with Crippen LogP contribution in [0.1, 0.15) is 24.0 Å². The minimum Gasteiger partial charge on any atom is -0.481 e. The molecule has 0 saturated heterocycles. The standard InChI is InChI=1S/C10H13NO3/c1-7-5-9(12)11-6-8(7)3-2-4-10(13)14/h5-6H,2-4H2,1H3,(H,11,12)(H,13,14). The largest absolute Gasteiger partial charge is 0.481 e. The van der Waals surface area contributed by atoms with Gasteiger partial charge in [0.15, 0.2) is 0 Å². The molecule has 0 spiro atoms. The highest BCUT2D eigenvalue weighted by molar-refractivity contribution is 5.66. The highest BCUT2D eigenvalue weighted by Gasteiger charge is 2.01. The molecule has 0 aliphatic carbocycles. The van der Waals surface area contributed by atoms with Gasteiger partial charge in [-0.2, -0.15) is 0 Å². The van der Waals surface area contributed by atoms with Crippen LogP contribution < -0.4 is 5.56 Å². The van der Waals surface area contributed by atoms with Gasteiger partial charge in [-0.05, 0) is 30.9 Å². The summed E-state index contributed by atoms with van der Waals surface area (Å²) >= 11 is 0. The van der Waals surface area contributed by atoms with E-state index in [0.29, 0.717) is 12.8 Å². The van der Waals surface area contributed by atoms with Gasteiger partial charge in [0.2, 0.25) is 5.56 Å². The van der Waals surface area contributed by atoms with Gasteiger partial charge in [-0.15, -0.1) is 0 Å². The molecule has 1 aromatic heterocycles. The van der Waals surface area contributed by atoms with Crippen LogP contribution >= 0.6 is 0 Å². The Kier molecular flexibility index (Phi) is 3.45. The quantitative estimate of drug-likeness (QED) is 0.755. The van der Waals surface area contributed by atoms with Crippen LogP contribution in [0.4, 0.5) is 0 Å². The van der Waals surface area contributed by atoms with Crippen molar-refractivity contribution in [1.29, 1.82) is 0 Å². The van der Waals surface area contributed by atoms with Crippen molar-refractivity contribution in [3.63, 3.8) is 0 Å². The van der Waals surface area contributed by atoms with Crippen molar-refractivity contribution in [2.24, 2.45) is 0 Å². The summed E-state index contributed by atoms with van der Waals surface area (Å²) in [5, 5.41) is 8.45. The number of hydrogen-bond donors (Lipinski definition) is 2. The first kappa shape index (κ1) is 10.5. The fourth-order valence-electron chi connectivity index (χ4n) is 1.30. The summed E-state index contributed by atoms with van der Waals surface area (Å²) in [5.41, 5.74) is 1.80. The summed E-state index contributed by atoms with van der Waals surface area (Å²) in [7, 11) is 0. The van der Waals surface area contributed by atoms with E-state index in [1.54, 1.807) is 6.20 Å². The molecule has 2 N–H and O–H groups in total. The van der Waals surface area contributed by atoms with Crippen molar-refractivity contribution in [2.45, 2.75) is 26.2 Å². The van der Waals surface area contributed by atoms with E-state index < -0.39 is 5.97 Å². The number of carbonyl (C=O) groups is 1. The van der Waals surface area contributed by atoms with Gasteiger partial charge in [-0.3, -0.25) is 9.59 Å². The second kappa shape index (κ2) is 4.60. The monoisotopic (exact) mass is 195 g/mol. The van der Waals surface area contributed by atoms with Gasteiger partial charge in [0.1, 0.15) is 0 Å². The van der Waals surface area contributed by atoms with Crippen molar-refractivity contribution in [2.75, 3.05) is 0 Å².